The van der Waals surface area contributed by atoms with Gasteiger partial charge in [-0.2, -0.15) is 0 Å². The molecule has 0 saturated heterocycles. The number of hydrogen-bond donors (Lipinski definition) is 1. The molecule has 28 heavy (non-hydrogen) atoms. The van der Waals surface area contributed by atoms with Gasteiger partial charge in [-0.25, -0.2) is 4.98 Å². The lowest BCUT2D eigenvalue weighted by Gasteiger charge is -2.08. The highest BCUT2D eigenvalue weighted by atomic mass is 35.5. The molecule has 0 atom stereocenters. The number of carbonyl (C=O) groups is 1. The van der Waals surface area contributed by atoms with Crippen molar-refractivity contribution >= 4 is 39.7 Å². The molecule has 0 unspecified atom stereocenters. The molecule has 0 saturated carbocycles. The fourth-order valence-corrected chi connectivity index (χ4v) is 3.35. The van der Waals surface area contributed by atoms with Crippen LogP contribution in [0.5, 0.6) is 11.5 Å². The molecule has 0 spiro atoms. The van der Waals surface area contributed by atoms with E-state index in [-0.39, 0.29) is 16.3 Å². The highest BCUT2D eigenvalue weighted by Gasteiger charge is 2.21. The Balaban J connectivity index is 1.84. The van der Waals surface area contributed by atoms with Gasteiger partial charge in [-0.05, 0) is 30.3 Å². The second kappa shape index (κ2) is 8.24. The molecule has 2 aromatic carbocycles. The van der Waals surface area contributed by atoms with E-state index in [9.17, 15) is 14.9 Å². The lowest BCUT2D eigenvalue weighted by Crippen LogP contribution is -2.13. The van der Waals surface area contributed by atoms with Crippen molar-refractivity contribution < 1.29 is 19.2 Å². The Hall–Kier alpha value is -3.17. The van der Waals surface area contributed by atoms with Crippen LogP contribution in [0.3, 0.4) is 0 Å². The summed E-state index contributed by atoms with van der Waals surface area (Å²) in [5.41, 5.74) is 0.915. The van der Waals surface area contributed by atoms with Crippen LogP contribution in [-0.2, 0) is 0 Å². The van der Waals surface area contributed by atoms with Gasteiger partial charge in [0.05, 0.1) is 24.8 Å². The van der Waals surface area contributed by atoms with Crippen molar-refractivity contribution in [3.8, 4) is 22.8 Å². The van der Waals surface area contributed by atoms with Crippen LogP contribution in [0.1, 0.15) is 10.4 Å². The molecule has 0 aliphatic heterocycles. The number of ether oxygens (including phenoxy) is 2. The number of nitro benzene ring substituents is 1. The zero-order chi connectivity index (χ0) is 20.3. The SMILES string of the molecule is COc1ccc(-c2csc(NC(=O)c3ccc(Cl)cc3[N+](=O)[O-])n2)cc1OC. The van der Waals surface area contributed by atoms with Crippen LogP contribution in [-0.4, -0.2) is 30.0 Å². The Morgan fingerprint density at radius 1 is 1.18 bits per heavy atom. The quantitative estimate of drug-likeness (QED) is 0.461. The molecule has 3 aromatic rings. The summed E-state index contributed by atoms with van der Waals surface area (Å²) < 4.78 is 10.5. The van der Waals surface area contributed by atoms with E-state index in [1.54, 1.807) is 24.6 Å². The molecule has 1 amide bonds. The lowest BCUT2D eigenvalue weighted by molar-refractivity contribution is -0.385. The van der Waals surface area contributed by atoms with E-state index in [4.69, 9.17) is 21.1 Å². The van der Waals surface area contributed by atoms with Gasteiger partial charge in [-0.3, -0.25) is 20.2 Å². The van der Waals surface area contributed by atoms with Crippen LogP contribution in [0.2, 0.25) is 5.02 Å². The van der Waals surface area contributed by atoms with Crippen LogP contribution >= 0.6 is 22.9 Å². The minimum Gasteiger partial charge on any atom is -0.493 e. The fourth-order valence-electron chi connectivity index (χ4n) is 2.47. The number of carbonyl (C=O) groups excluding carboxylic acids is 1. The first-order chi connectivity index (χ1) is 13.4. The number of amides is 1. The standard InChI is InChI=1S/C18H14ClN3O5S/c1-26-15-6-3-10(7-16(15)27-2)13-9-28-18(20-13)21-17(23)12-5-4-11(19)8-14(12)22(24)25/h3-9H,1-2H3,(H,20,21,23). The molecule has 3 rings (SSSR count). The molecule has 8 nitrogen and oxygen atoms in total. The van der Waals surface area contributed by atoms with Crippen molar-refractivity contribution in [3.63, 3.8) is 0 Å². The largest absolute Gasteiger partial charge is 0.493 e. The Morgan fingerprint density at radius 2 is 1.93 bits per heavy atom. The van der Waals surface area contributed by atoms with Gasteiger partial charge < -0.3 is 9.47 Å². The van der Waals surface area contributed by atoms with Gasteiger partial charge >= 0.3 is 0 Å². The monoisotopic (exact) mass is 419 g/mol. The smallest absolute Gasteiger partial charge is 0.283 e. The molecule has 144 valence electrons. The zero-order valence-corrected chi connectivity index (χ0v) is 16.3. The Kier molecular flexibility index (Phi) is 5.76. The van der Waals surface area contributed by atoms with Crippen LogP contribution in [0.25, 0.3) is 11.3 Å². The number of nitrogens with one attached hydrogen (secondary N) is 1. The van der Waals surface area contributed by atoms with E-state index >= 15 is 0 Å². The topological polar surface area (TPSA) is 104 Å². The zero-order valence-electron chi connectivity index (χ0n) is 14.8. The predicted molar refractivity (Wildman–Crippen MR) is 107 cm³/mol. The normalized spacial score (nSPS) is 10.4. The van der Waals surface area contributed by atoms with E-state index in [0.717, 1.165) is 11.6 Å². The van der Waals surface area contributed by atoms with Gasteiger partial charge in [0.2, 0.25) is 0 Å². The summed E-state index contributed by atoms with van der Waals surface area (Å²) in [5, 5.41) is 16.0. The van der Waals surface area contributed by atoms with Gasteiger partial charge in [0.15, 0.2) is 16.6 Å². The third-order valence-electron chi connectivity index (χ3n) is 3.81. The number of methoxy groups -OCH3 is 2. The predicted octanol–water partition coefficient (Wildman–Crippen LogP) is 4.64. The van der Waals surface area contributed by atoms with Gasteiger partial charge in [0.25, 0.3) is 11.6 Å². The number of anilines is 1. The van der Waals surface area contributed by atoms with E-state index in [1.165, 1.54) is 30.6 Å². The van der Waals surface area contributed by atoms with Crippen molar-refractivity contribution in [3.05, 3.63) is 62.5 Å². The number of rotatable bonds is 6. The number of halogens is 1. The first-order valence-corrected chi connectivity index (χ1v) is 9.12. The summed E-state index contributed by atoms with van der Waals surface area (Å²) in [6, 6.07) is 9.19. The summed E-state index contributed by atoms with van der Waals surface area (Å²) in [4.78, 5) is 27.3. The molecular weight excluding hydrogens is 406 g/mol. The van der Waals surface area contributed by atoms with Crippen LogP contribution < -0.4 is 14.8 Å². The van der Waals surface area contributed by atoms with Gasteiger partial charge in [-0.1, -0.05) is 11.6 Å². The summed E-state index contributed by atoms with van der Waals surface area (Å²) in [6.07, 6.45) is 0. The number of nitro groups is 1. The van der Waals surface area contributed by atoms with Crippen LogP contribution in [0, 0.1) is 10.1 Å². The van der Waals surface area contributed by atoms with Crippen LogP contribution in [0.15, 0.2) is 41.8 Å². The van der Waals surface area contributed by atoms with E-state index < -0.39 is 10.8 Å². The Bertz CT molecular complexity index is 1050. The number of nitrogens with zero attached hydrogens (tertiary/aromatic N) is 2. The minimum absolute atomic E-state index is 0.0998. The first-order valence-electron chi connectivity index (χ1n) is 7.86. The Morgan fingerprint density at radius 3 is 2.61 bits per heavy atom. The van der Waals surface area contributed by atoms with Gasteiger partial charge in [0, 0.05) is 22.0 Å². The second-order valence-electron chi connectivity index (χ2n) is 5.48. The average Bonchev–Trinajstić information content (AvgIpc) is 3.15. The number of hydrogen-bond acceptors (Lipinski definition) is 7. The van der Waals surface area contributed by atoms with Crippen LogP contribution in [0.4, 0.5) is 10.8 Å². The van der Waals surface area contributed by atoms with Crippen molar-refractivity contribution in [1.82, 2.24) is 4.98 Å². The van der Waals surface area contributed by atoms with E-state index in [2.05, 4.69) is 10.3 Å². The second-order valence-corrected chi connectivity index (χ2v) is 6.77. The van der Waals surface area contributed by atoms with Crippen molar-refractivity contribution in [1.29, 1.82) is 0 Å². The van der Waals surface area contributed by atoms with Crippen molar-refractivity contribution in [2.75, 3.05) is 19.5 Å². The van der Waals surface area contributed by atoms with Crippen molar-refractivity contribution in [2.45, 2.75) is 0 Å². The lowest BCUT2D eigenvalue weighted by atomic mass is 10.1. The third kappa shape index (κ3) is 4.05. The highest BCUT2D eigenvalue weighted by molar-refractivity contribution is 7.14. The van der Waals surface area contributed by atoms with Crippen molar-refractivity contribution in [2.24, 2.45) is 0 Å². The summed E-state index contributed by atoms with van der Waals surface area (Å²) in [7, 11) is 3.08. The summed E-state index contributed by atoms with van der Waals surface area (Å²) >= 11 is 6.97. The maximum Gasteiger partial charge on any atom is 0.283 e. The molecule has 1 N–H and O–H groups in total. The molecule has 0 aliphatic rings. The third-order valence-corrected chi connectivity index (χ3v) is 4.80. The summed E-state index contributed by atoms with van der Waals surface area (Å²) in [5.74, 6) is 0.497. The number of thiazole rings is 1. The van der Waals surface area contributed by atoms with E-state index in [0.29, 0.717) is 22.3 Å². The van der Waals surface area contributed by atoms with Gasteiger partial charge in [-0.15, -0.1) is 11.3 Å². The molecular formula is C18H14ClN3O5S. The minimum atomic E-state index is -0.655. The molecule has 0 aliphatic carbocycles. The highest BCUT2D eigenvalue weighted by Crippen LogP contribution is 2.33. The maximum absolute atomic E-state index is 12.5. The Labute approximate surface area is 168 Å². The molecule has 1 aromatic heterocycles. The molecule has 0 fully saturated rings. The molecule has 1 heterocycles. The number of benzene rings is 2. The fraction of sp³-hybridized carbons (Fsp3) is 0.111. The molecule has 0 radical (unpaired) electrons. The van der Waals surface area contributed by atoms with E-state index in [1.807, 2.05) is 6.07 Å². The summed E-state index contributed by atoms with van der Waals surface area (Å²) in [6.45, 7) is 0. The number of aromatic nitrogens is 1. The molecule has 0 bridgehead atoms. The maximum atomic E-state index is 12.5. The molecule has 10 heteroatoms. The average molecular weight is 420 g/mol. The first kappa shape index (κ1) is 19.6. The van der Waals surface area contributed by atoms with Gasteiger partial charge in [0.1, 0.15) is 5.56 Å².